The van der Waals surface area contributed by atoms with Crippen molar-refractivity contribution >= 4 is 15.9 Å². The fourth-order valence-corrected chi connectivity index (χ4v) is 2.74. The predicted molar refractivity (Wildman–Crippen MR) is 61.2 cm³/mol. The Morgan fingerprint density at radius 1 is 1.40 bits per heavy atom. The molecule has 1 fully saturated rings. The van der Waals surface area contributed by atoms with Gasteiger partial charge in [-0.25, -0.2) is 4.39 Å². The second-order valence-corrected chi connectivity index (χ2v) is 5.05. The summed E-state index contributed by atoms with van der Waals surface area (Å²) < 4.78 is 13.7. The SMILES string of the molecule is OC1CCCC1Cc1ccc(F)cc1Br. The highest BCUT2D eigenvalue weighted by Crippen LogP contribution is 2.31. The first kappa shape index (κ1) is 11.1. The number of halogens is 2. The van der Waals surface area contributed by atoms with Crippen LogP contribution < -0.4 is 0 Å². The molecule has 0 saturated heterocycles. The van der Waals surface area contributed by atoms with Gasteiger partial charge in [0.1, 0.15) is 5.82 Å². The number of hydrogen-bond donors (Lipinski definition) is 1. The molecule has 0 heterocycles. The van der Waals surface area contributed by atoms with Crippen LogP contribution in [-0.4, -0.2) is 11.2 Å². The Morgan fingerprint density at radius 2 is 2.20 bits per heavy atom. The maximum absolute atomic E-state index is 12.9. The van der Waals surface area contributed by atoms with Crippen LogP contribution in [0.1, 0.15) is 24.8 Å². The van der Waals surface area contributed by atoms with Crippen molar-refractivity contribution in [1.82, 2.24) is 0 Å². The molecule has 0 spiro atoms. The monoisotopic (exact) mass is 272 g/mol. The molecule has 1 aromatic carbocycles. The summed E-state index contributed by atoms with van der Waals surface area (Å²) in [6, 6.07) is 4.75. The van der Waals surface area contributed by atoms with E-state index in [1.54, 1.807) is 6.07 Å². The molecule has 2 unspecified atom stereocenters. The minimum atomic E-state index is -0.224. The third-order valence-corrected chi connectivity index (χ3v) is 3.85. The van der Waals surface area contributed by atoms with E-state index in [1.165, 1.54) is 12.1 Å². The molecule has 2 rings (SSSR count). The normalized spacial score (nSPS) is 25.8. The molecule has 0 radical (unpaired) electrons. The fourth-order valence-electron chi connectivity index (χ4n) is 2.23. The molecule has 3 heteroatoms. The van der Waals surface area contributed by atoms with Gasteiger partial charge in [0.2, 0.25) is 0 Å². The third-order valence-electron chi connectivity index (χ3n) is 3.12. The van der Waals surface area contributed by atoms with Crippen molar-refractivity contribution in [2.24, 2.45) is 5.92 Å². The average Bonchev–Trinajstić information content (AvgIpc) is 2.57. The van der Waals surface area contributed by atoms with Crippen LogP contribution in [-0.2, 0) is 6.42 Å². The van der Waals surface area contributed by atoms with Crippen molar-refractivity contribution in [2.45, 2.75) is 31.8 Å². The molecule has 82 valence electrons. The van der Waals surface area contributed by atoms with Gasteiger partial charge in [-0.1, -0.05) is 28.4 Å². The molecule has 0 bridgehead atoms. The molecule has 1 aliphatic carbocycles. The number of rotatable bonds is 2. The summed E-state index contributed by atoms with van der Waals surface area (Å²) in [5.74, 6) is 0.115. The molecule has 1 saturated carbocycles. The second-order valence-electron chi connectivity index (χ2n) is 4.20. The summed E-state index contributed by atoms with van der Waals surface area (Å²) >= 11 is 3.35. The van der Waals surface area contributed by atoms with E-state index in [2.05, 4.69) is 15.9 Å². The lowest BCUT2D eigenvalue weighted by Crippen LogP contribution is -2.15. The first-order valence-electron chi connectivity index (χ1n) is 5.29. The van der Waals surface area contributed by atoms with Gasteiger partial charge in [0.05, 0.1) is 6.10 Å². The van der Waals surface area contributed by atoms with Gasteiger partial charge in [0.15, 0.2) is 0 Å². The van der Waals surface area contributed by atoms with Crippen LogP contribution in [0.15, 0.2) is 22.7 Å². The minimum Gasteiger partial charge on any atom is -0.393 e. The van der Waals surface area contributed by atoms with E-state index in [0.717, 1.165) is 35.7 Å². The summed E-state index contributed by atoms with van der Waals surface area (Å²) in [6.07, 6.45) is 3.74. The number of aliphatic hydroxyl groups is 1. The number of hydrogen-bond acceptors (Lipinski definition) is 1. The summed E-state index contributed by atoms with van der Waals surface area (Å²) in [5.41, 5.74) is 1.09. The van der Waals surface area contributed by atoms with Crippen molar-refractivity contribution in [1.29, 1.82) is 0 Å². The maximum Gasteiger partial charge on any atom is 0.124 e. The number of benzene rings is 1. The second kappa shape index (κ2) is 4.62. The highest BCUT2D eigenvalue weighted by Gasteiger charge is 2.25. The Bertz CT molecular complexity index is 353. The smallest absolute Gasteiger partial charge is 0.124 e. The van der Waals surface area contributed by atoms with Gasteiger partial charge in [-0.15, -0.1) is 0 Å². The molecular weight excluding hydrogens is 259 g/mol. The molecule has 0 aromatic heterocycles. The van der Waals surface area contributed by atoms with Crippen LogP contribution in [0.3, 0.4) is 0 Å². The lowest BCUT2D eigenvalue weighted by molar-refractivity contribution is 0.132. The zero-order chi connectivity index (χ0) is 10.8. The van der Waals surface area contributed by atoms with Crippen LogP contribution >= 0.6 is 15.9 Å². The molecule has 1 nitrogen and oxygen atoms in total. The maximum atomic E-state index is 12.9. The largest absolute Gasteiger partial charge is 0.393 e. The lowest BCUT2D eigenvalue weighted by atomic mass is 9.96. The quantitative estimate of drug-likeness (QED) is 0.876. The van der Waals surface area contributed by atoms with Gasteiger partial charge in [0.25, 0.3) is 0 Å². The molecular formula is C12H14BrFO. The van der Waals surface area contributed by atoms with Gasteiger partial charge >= 0.3 is 0 Å². The van der Waals surface area contributed by atoms with Gasteiger partial charge in [0, 0.05) is 4.47 Å². The van der Waals surface area contributed by atoms with Gasteiger partial charge in [-0.2, -0.15) is 0 Å². The Morgan fingerprint density at radius 3 is 2.80 bits per heavy atom. The summed E-state index contributed by atoms with van der Waals surface area (Å²) in [4.78, 5) is 0. The summed E-state index contributed by atoms with van der Waals surface area (Å²) in [6.45, 7) is 0. The summed E-state index contributed by atoms with van der Waals surface area (Å²) in [5, 5.41) is 9.71. The van der Waals surface area contributed by atoms with Crippen LogP contribution in [0.4, 0.5) is 4.39 Å². The van der Waals surface area contributed by atoms with Crippen molar-refractivity contribution < 1.29 is 9.50 Å². The van der Waals surface area contributed by atoms with E-state index in [0.29, 0.717) is 5.92 Å². The Balaban J connectivity index is 2.10. The number of aliphatic hydroxyl groups excluding tert-OH is 1. The molecule has 2 atom stereocenters. The lowest BCUT2D eigenvalue weighted by Gasteiger charge is -2.15. The highest BCUT2D eigenvalue weighted by atomic mass is 79.9. The van der Waals surface area contributed by atoms with E-state index >= 15 is 0 Å². The van der Waals surface area contributed by atoms with Crippen LogP contribution in [0.5, 0.6) is 0 Å². The highest BCUT2D eigenvalue weighted by molar-refractivity contribution is 9.10. The first-order chi connectivity index (χ1) is 7.16. The fraction of sp³-hybridized carbons (Fsp3) is 0.500. The van der Waals surface area contributed by atoms with E-state index in [9.17, 15) is 9.50 Å². The van der Waals surface area contributed by atoms with Crippen LogP contribution in [0, 0.1) is 11.7 Å². The third kappa shape index (κ3) is 2.58. The zero-order valence-electron chi connectivity index (χ0n) is 8.42. The van der Waals surface area contributed by atoms with Crippen molar-refractivity contribution in [3.05, 3.63) is 34.1 Å². The first-order valence-corrected chi connectivity index (χ1v) is 6.08. The van der Waals surface area contributed by atoms with E-state index in [-0.39, 0.29) is 11.9 Å². The Labute approximate surface area is 97.4 Å². The predicted octanol–water partition coefficient (Wildman–Crippen LogP) is 3.29. The topological polar surface area (TPSA) is 20.2 Å². The van der Waals surface area contributed by atoms with E-state index in [4.69, 9.17) is 0 Å². The van der Waals surface area contributed by atoms with Crippen LogP contribution in [0.25, 0.3) is 0 Å². The standard InChI is InChI=1S/C12H14BrFO/c13-11-7-10(14)5-4-8(11)6-9-2-1-3-12(9)15/h4-5,7,9,12,15H,1-3,6H2. The molecule has 0 amide bonds. The molecule has 1 N–H and O–H groups in total. The van der Waals surface area contributed by atoms with Gasteiger partial charge in [-0.3, -0.25) is 0 Å². The summed E-state index contributed by atoms with van der Waals surface area (Å²) in [7, 11) is 0. The molecule has 15 heavy (non-hydrogen) atoms. The Kier molecular flexibility index (Phi) is 3.42. The van der Waals surface area contributed by atoms with Crippen LogP contribution in [0.2, 0.25) is 0 Å². The van der Waals surface area contributed by atoms with Crippen molar-refractivity contribution in [3.63, 3.8) is 0 Å². The zero-order valence-corrected chi connectivity index (χ0v) is 10.0. The molecule has 1 aromatic rings. The van der Waals surface area contributed by atoms with E-state index < -0.39 is 0 Å². The van der Waals surface area contributed by atoms with Gasteiger partial charge in [-0.05, 0) is 42.9 Å². The van der Waals surface area contributed by atoms with Crippen molar-refractivity contribution in [3.8, 4) is 0 Å². The van der Waals surface area contributed by atoms with Crippen molar-refractivity contribution in [2.75, 3.05) is 0 Å². The van der Waals surface area contributed by atoms with Gasteiger partial charge < -0.3 is 5.11 Å². The molecule has 0 aliphatic heterocycles. The molecule has 1 aliphatic rings. The average molecular weight is 273 g/mol. The van der Waals surface area contributed by atoms with E-state index in [1.807, 2.05) is 0 Å². The Hall–Kier alpha value is -0.410. The minimum absolute atomic E-state index is 0.179.